The molecule has 3 aromatic carbocycles. The Bertz CT molecular complexity index is 1420. The maximum Gasteiger partial charge on any atom is 0.326 e. The number of halogens is 2. The van der Waals surface area contributed by atoms with Gasteiger partial charge in [0.15, 0.2) is 0 Å². The molecule has 1 unspecified atom stereocenters. The zero-order valence-corrected chi connectivity index (χ0v) is 19.6. The number of aromatic nitrogens is 2. The summed E-state index contributed by atoms with van der Waals surface area (Å²) >= 11 is 1.63. The number of hydrogen-bond donors (Lipinski definition) is 1. The number of allylic oxidation sites excluding steroid dienone is 1. The fraction of sp³-hybridized carbons (Fsp3) is 0.115. The minimum absolute atomic E-state index is 0.188. The van der Waals surface area contributed by atoms with Gasteiger partial charge in [0, 0.05) is 16.2 Å². The van der Waals surface area contributed by atoms with Crippen LogP contribution >= 0.6 is 11.8 Å². The number of anilines is 1. The molecule has 0 saturated carbocycles. The molecule has 0 radical (unpaired) electrons. The third-order valence-corrected chi connectivity index (χ3v) is 6.50. The number of carbonyl (C=O) groups excluding carboxylic acids is 1. The molecule has 1 N–H and O–H groups in total. The van der Waals surface area contributed by atoms with Gasteiger partial charge in [0.05, 0.1) is 17.3 Å². The van der Waals surface area contributed by atoms with Crippen molar-refractivity contribution in [2.75, 3.05) is 11.2 Å². The number of carbonyl (C=O) groups is 1. The van der Waals surface area contributed by atoms with Crippen LogP contribution in [0.3, 0.4) is 0 Å². The molecular weight excluding hydrogens is 470 g/mol. The van der Waals surface area contributed by atoms with Crippen LogP contribution in [0, 0.1) is 11.6 Å². The molecular formula is C26H20F2N4O2S. The minimum atomic E-state index is -0.734. The van der Waals surface area contributed by atoms with E-state index in [0.717, 1.165) is 10.5 Å². The highest BCUT2D eigenvalue weighted by Gasteiger charge is 2.36. The van der Waals surface area contributed by atoms with Gasteiger partial charge in [0.1, 0.15) is 11.6 Å². The maximum atomic E-state index is 14.1. The van der Waals surface area contributed by atoms with Crippen molar-refractivity contribution < 1.29 is 18.1 Å². The van der Waals surface area contributed by atoms with Crippen molar-refractivity contribution in [3.8, 4) is 11.4 Å². The van der Waals surface area contributed by atoms with Gasteiger partial charge in [-0.2, -0.15) is 4.98 Å². The fourth-order valence-electron chi connectivity index (χ4n) is 4.05. The molecule has 0 saturated heterocycles. The van der Waals surface area contributed by atoms with Gasteiger partial charge in [-0.3, -0.25) is 4.90 Å². The van der Waals surface area contributed by atoms with Gasteiger partial charge in [-0.05, 0) is 79.4 Å². The Balaban J connectivity index is 1.63. The lowest BCUT2D eigenvalue weighted by Gasteiger charge is -2.35. The van der Waals surface area contributed by atoms with Gasteiger partial charge in [-0.15, -0.1) is 11.8 Å². The van der Waals surface area contributed by atoms with Crippen molar-refractivity contribution in [1.29, 1.82) is 0 Å². The summed E-state index contributed by atoms with van der Waals surface area (Å²) in [6.45, 7) is 1.74. The normalized spacial score (nSPS) is 15.9. The largest absolute Gasteiger partial charge is 0.334 e. The monoisotopic (exact) mass is 490 g/mol. The van der Waals surface area contributed by atoms with Crippen LogP contribution in [-0.4, -0.2) is 22.4 Å². The first-order valence-corrected chi connectivity index (χ1v) is 12.0. The molecule has 0 aliphatic carbocycles. The molecule has 2 amide bonds. The van der Waals surface area contributed by atoms with E-state index in [2.05, 4.69) is 15.5 Å². The van der Waals surface area contributed by atoms with Crippen LogP contribution in [0.1, 0.15) is 24.4 Å². The van der Waals surface area contributed by atoms with E-state index in [4.69, 9.17) is 4.52 Å². The number of nitrogens with zero attached hydrogens (tertiary/aromatic N) is 3. The number of hydrogen-bond acceptors (Lipinski definition) is 5. The predicted molar refractivity (Wildman–Crippen MR) is 131 cm³/mol. The van der Waals surface area contributed by atoms with Crippen molar-refractivity contribution in [2.24, 2.45) is 0 Å². The van der Waals surface area contributed by atoms with Crippen LogP contribution in [0.15, 0.2) is 87.9 Å². The van der Waals surface area contributed by atoms with Gasteiger partial charge >= 0.3 is 6.03 Å². The second kappa shape index (κ2) is 9.34. The highest BCUT2D eigenvalue weighted by atomic mass is 32.2. The van der Waals surface area contributed by atoms with E-state index in [1.165, 1.54) is 41.3 Å². The number of benzene rings is 3. The Morgan fingerprint density at radius 1 is 1.00 bits per heavy atom. The summed E-state index contributed by atoms with van der Waals surface area (Å²) in [5.74, 6) is -0.279. The Kier molecular flexibility index (Phi) is 6.08. The lowest BCUT2D eigenvalue weighted by atomic mass is 9.94. The average Bonchev–Trinajstić information content (AvgIpc) is 3.34. The molecule has 0 bridgehead atoms. The molecule has 4 aromatic rings. The first-order chi connectivity index (χ1) is 16.9. The van der Waals surface area contributed by atoms with Crippen molar-refractivity contribution in [1.82, 2.24) is 15.5 Å². The molecule has 0 fully saturated rings. The average molecular weight is 491 g/mol. The van der Waals surface area contributed by atoms with Crippen LogP contribution < -0.4 is 10.2 Å². The molecule has 1 atom stereocenters. The summed E-state index contributed by atoms with van der Waals surface area (Å²) in [6, 6.07) is 18.1. The highest BCUT2D eigenvalue weighted by molar-refractivity contribution is 7.98. The van der Waals surface area contributed by atoms with Gasteiger partial charge < -0.3 is 9.84 Å². The Hall–Kier alpha value is -3.98. The number of rotatable bonds is 5. The van der Waals surface area contributed by atoms with E-state index in [1.54, 1.807) is 30.8 Å². The van der Waals surface area contributed by atoms with Crippen LogP contribution in [0.25, 0.3) is 17.0 Å². The van der Waals surface area contributed by atoms with Crippen LogP contribution in [-0.2, 0) is 0 Å². The quantitative estimate of drug-likeness (QED) is 0.326. The zero-order chi connectivity index (χ0) is 24.5. The molecule has 1 aliphatic rings. The van der Waals surface area contributed by atoms with Gasteiger partial charge in [0.25, 0.3) is 5.89 Å². The van der Waals surface area contributed by atoms with E-state index in [0.29, 0.717) is 28.3 Å². The molecule has 176 valence electrons. The number of thioether (sulfide) groups is 1. The van der Waals surface area contributed by atoms with Gasteiger partial charge in [-0.1, -0.05) is 17.3 Å². The van der Waals surface area contributed by atoms with E-state index in [1.807, 2.05) is 30.5 Å². The van der Waals surface area contributed by atoms with Crippen molar-refractivity contribution >= 4 is 29.1 Å². The topological polar surface area (TPSA) is 71.3 Å². The maximum absolute atomic E-state index is 14.1. The molecule has 0 spiro atoms. The number of amides is 2. The lowest BCUT2D eigenvalue weighted by molar-refractivity contribution is 0.244. The van der Waals surface area contributed by atoms with Crippen molar-refractivity contribution in [3.63, 3.8) is 0 Å². The molecule has 1 aromatic heterocycles. The molecule has 2 heterocycles. The lowest BCUT2D eigenvalue weighted by Crippen LogP contribution is -2.46. The van der Waals surface area contributed by atoms with E-state index >= 15 is 0 Å². The summed E-state index contributed by atoms with van der Waals surface area (Å²) in [7, 11) is 0. The molecule has 9 heteroatoms. The van der Waals surface area contributed by atoms with Crippen LogP contribution in [0.5, 0.6) is 0 Å². The van der Waals surface area contributed by atoms with Gasteiger partial charge in [-0.25, -0.2) is 13.6 Å². The number of urea groups is 1. The standard InChI is InChI=1S/C26H20F2N4O2S/c1-15-22(25-30-24(31-34-25)16-6-12-21(35-2)13-7-16)23(17-4-3-5-19(28)14-17)29-26(33)32(15)20-10-8-18(27)9-11-20/h3-14,23H,1-2H3,(H,29,33). The third-order valence-electron chi connectivity index (χ3n) is 5.76. The summed E-state index contributed by atoms with van der Waals surface area (Å²) < 4.78 is 33.3. The Morgan fingerprint density at radius 2 is 1.74 bits per heavy atom. The van der Waals surface area contributed by atoms with Crippen molar-refractivity contribution in [2.45, 2.75) is 17.9 Å². The second-order valence-corrected chi connectivity index (χ2v) is 8.78. The summed E-state index contributed by atoms with van der Waals surface area (Å²) in [5, 5.41) is 7.05. The Morgan fingerprint density at radius 3 is 2.43 bits per heavy atom. The Labute approximate surface area is 204 Å². The fourth-order valence-corrected chi connectivity index (χ4v) is 4.46. The smallest absolute Gasteiger partial charge is 0.326 e. The zero-order valence-electron chi connectivity index (χ0n) is 18.8. The van der Waals surface area contributed by atoms with Crippen LogP contribution in [0.2, 0.25) is 0 Å². The second-order valence-electron chi connectivity index (χ2n) is 7.90. The first-order valence-electron chi connectivity index (χ1n) is 10.8. The first kappa shape index (κ1) is 22.8. The van der Waals surface area contributed by atoms with Crippen LogP contribution in [0.4, 0.5) is 19.3 Å². The third kappa shape index (κ3) is 4.42. The van der Waals surface area contributed by atoms with E-state index in [9.17, 15) is 13.6 Å². The summed E-state index contributed by atoms with van der Waals surface area (Å²) in [5.41, 5.74) is 2.77. The van der Waals surface area contributed by atoms with Gasteiger partial charge in [0.2, 0.25) is 5.82 Å². The molecule has 5 rings (SSSR count). The molecule has 35 heavy (non-hydrogen) atoms. The SMILES string of the molecule is CSc1ccc(-c2noc(C3=C(C)N(c4ccc(F)cc4)C(=O)NC3c3cccc(F)c3)n2)cc1. The molecule has 6 nitrogen and oxygen atoms in total. The highest BCUT2D eigenvalue weighted by Crippen LogP contribution is 2.39. The predicted octanol–water partition coefficient (Wildman–Crippen LogP) is 6.44. The van der Waals surface area contributed by atoms with E-state index < -0.39 is 23.7 Å². The van der Waals surface area contributed by atoms with Crippen molar-refractivity contribution in [3.05, 3.63) is 102 Å². The minimum Gasteiger partial charge on any atom is -0.334 e. The summed E-state index contributed by atoms with van der Waals surface area (Å²) in [4.78, 5) is 20.3. The number of nitrogens with one attached hydrogen (secondary N) is 1. The van der Waals surface area contributed by atoms with E-state index in [-0.39, 0.29) is 5.89 Å². The molecule has 1 aliphatic heterocycles. The summed E-state index contributed by atoms with van der Waals surface area (Å²) in [6.07, 6.45) is 1.99.